The largest absolute Gasteiger partial charge is 0.340 e. The summed E-state index contributed by atoms with van der Waals surface area (Å²) >= 11 is 0. The molecule has 1 heterocycles. The summed E-state index contributed by atoms with van der Waals surface area (Å²) in [6.45, 7) is 10.6. The molecule has 1 unspecified atom stereocenters. The molecule has 1 aromatic heterocycles. The van der Waals surface area contributed by atoms with Crippen LogP contribution in [0.5, 0.6) is 0 Å². The van der Waals surface area contributed by atoms with Crippen LogP contribution < -0.4 is 5.32 Å². The number of aromatic nitrogens is 2. The molecule has 20 heavy (non-hydrogen) atoms. The lowest BCUT2D eigenvalue weighted by Crippen LogP contribution is -2.46. The minimum Gasteiger partial charge on any atom is -0.340 e. The first-order chi connectivity index (χ1) is 9.57. The highest BCUT2D eigenvalue weighted by Crippen LogP contribution is 2.15. The molecule has 0 bridgehead atoms. The van der Waals surface area contributed by atoms with Crippen LogP contribution >= 0.6 is 0 Å². The van der Waals surface area contributed by atoms with Crippen molar-refractivity contribution in [1.29, 1.82) is 0 Å². The molecule has 6 nitrogen and oxygen atoms in total. The summed E-state index contributed by atoms with van der Waals surface area (Å²) in [6, 6.07) is 0.00313. The fourth-order valence-corrected chi connectivity index (χ4v) is 2.33. The van der Waals surface area contributed by atoms with E-state index in [9.17, 15) is 4.79 Å². The summed E-state index contributed by atoms with van der Waals surface area (Å²) in [5.41, 5.74) is 0. The fraction of sp³-hybridized carbons (Fsp3) is 0.786. The van der Waals surface area contributed by atoms with Gasteiger partial charge in [0.1, 0.15) is 0 Å². The summed E-state index contributed by atoms with van der Waals surface area (Å²) in [7, 11) is 0. The number of aryl methyl sites for hydroxylation is 1. The number of rotatable bonds is 7. The van der Waals surface area contributed by atoms with E-state index in [1.807, 2.05) is 18.7 Å². The highest BCUT2D eigenvalue weighted by molar-refractivity contribution is 5.75. The summed E-state index contributed by atoms with van der Waals surface area (Å²) in [5.74, 6) is 1.05. The van der Waals surface area contributed by atoms with Gasteiger partial charge in [0, 0.05) is 19.5 Å². The smallest absolute Gasteiger partial charge is 0.318 e. The predicted molar refractivity (Wildman–Crippen MR) is 77.3 cm³/mol. The van der Waals surface area contributed by atoms with E-state index in [0.717, 1.165) is 19.3 Å². The zero-order valence-corrected chi connectivity index (χ0v) is 13.1. The van der Waals surface area contributed by atoms with E-state index in [1.165, 1.54) is 0 Å². The Morgan fingerprint density at radius 3 is 2.30 bits per heavy atom. The summed E-state index contributed by atoms with van der Waals surface area (Å²) in [4.78, 5) is 18.5. The number of carbonyl (C=O) groups excluding carboxylic acids is 1. The minimum absolute atomic E-state index is 0.0597. The second kappa shape index (κ2) is 7.87. The molecule has 0 aliphatic rings. The Morgan fingerprint density at radius 2 is 1.90 bits per heavy atom. The van der Waals surface area contributed by atoms with Crippen molar-refractivity contribution in [2.75, 3.05) is 6.54 Å². The third-order valence-corrected chi connectivity index (χ3v) is 3.55. The van der Waals surface area contributed by atoms with Crippen molar-refractivity contribution < 1.29 is 9.32 Å². The Balaban J connectivity index is 2.75. The van der Waals surface area contributed by atoms with E-state index in [0.29, 0.717) is 18.3 Å². The van der Waals surface area contributed by atoms with E-state index in [2.05, 4.69) is 29.3 Å². The lowest BCUT2D eigenvalue weighted by molar-refractivity contribution is 0.169. The predicted octanol–water partition coefficient (Wildman–Crippen LogP) is 3.05. The maximum atomic E-state index is 12.4. The molecule has 1 N–H and O–H groups in total. The topological polar surface area (TPSA) is 71.3 Å². The SMILES string of the molecule is CCC(NC(=O)N(CC)C(CC)CC)c1noc(C)n1. The van der Waals surface area contributed by atoms with E-state index in [1.54, 1.807) is 6.92 Å². The molecule has 0 fully saturated rings. The van der Waals surface area contributed by atoms with Gasteiger partial charge in [0.25, 0.3) is 0 Å². The number of nitrogens with one attached hydrogen (secondary N) is 1. The van der Waals surface area contributed by atoms with Crippen LogP contribution in [0, 0.1) is 6.92 Å². The maximum Gasteiger partial charge on any atom is 0.318 e. The number of urea groups is 1. The van der Waals surface area contributed by atoms with Crippen LogP contribution in [0.4, 0.5) is 4.79 Å². The first-order valence-corrected chi connectivity index (χ1v) is 7.44. The molecule has 0 spiro atoms. The third kappa shape index (κ3) is 3.95. The summed E-state index contributed by atoms with van der Waals surface area (Å²) < 4.78 is 4.98. The van der Waals surface area contributed by atoms with Crippen molar-refractivity contribution in [1.82, 2.24) is 20.4 Å². The maximum absolute atomic E-state index is 12.4. The van der Waals surface area contributed by atoms with Crippen molar-refractivity contribution in [3.05, 3.63) is 11.7 Å². The lowest BCUT2D eigenvalue weighted by atomic mass is 10.1. The molecule has 0 radical (unpaired) electrons. The normalized spacial score (nSPS) is 12.5. The number of hydrogen-bond donors (Lipinski definition) is 1. The Morgan fingerprint density at radius 1 is 1.25 bits per heavy atom. The van der Waals surface area contributed by atoms with Gasteiger partial charge in [0.2, 0.25) is 5.89 Å². The Hall–Kier alpha value is -1.59. The van der Waals surface area contributed by atoms with Crippen molar-refractivity contribution in [3.8, 4) is 0 Å². The molecular weight excluding hydrogens is 256 g/mol. The number of hydrogen-bond acceptors (Lipinski definition) is 4. The van der Waals surface area contributed by atoms with Crippen LogP contribution in [0.3, 0.4) is 0 Å². The average molecular weight is 282 g/mol. The van der Waals surface area contributed by atoms with Crippen molar-refractivity contribution >= 4 is 6.03 Å². The van der Waals surface area contributed by atoms with Gasteiger partial charge >= 0.3 is 6.03 Å². The molecule has 6 heteroatoms. The highest BCUT2D eigenvalue weighted by atomic mass is 16.5. The Labute approximate surface area is 120 Å². The second-order valence-electron chi connectivity index (χ2n) is 4.84. The molecule has 1 rings (SSSR count). The molecule has 0 aliphatic carbocycles. The van der Waals surface area contributed by atoms with Gasteiger partial charge < -0.3 is 14.7 Å². The quantitative estimate of drug-likeness (QED) is 0.834. The van der Waals surface area contributed by atoms with E-state index in [-0.39, 0.29) is 18.1 Å². The van der Waals surface area contributed by atoms with Gasteiger partial charge in [-0.05, 0) is 26.2 Å². The average Bonchev–Trinajstić information content (AvgIpc) is 2.88. The number of carbonyl (C=O) groups is 1. The van der Waals surface area contributed by atoms with Crippen LogP contribution in [-0.4, -0.2) is 33.7 Å². The molecule has 2 amide bonds. The zero-order chi connectivity index (χ0) is 15.1. The van der Waals surface area contributed by atoms with Gasteiger partial charge in [0.05, 0.1) is 6.04 Å². The van der Waals surface area contributed by atoms with Crippen LogP contribution in [0.2, 0.25) is 0 Å². The fourth-order valence-electron chi connectivity index (χ4n) is 2.33. The zero-order valence-electron chi connectivity index (χ0n) is 13.1. The van der Waals surface area contributed by atoms with Gasteiger partial charge in [-0.3, -0.25) is 0 Å². The summed E-state index contributed by atoms with van der Waals surface area (Å²) in [5, 5.41) is 6.89. The van der Waals surface area contributed by atoms with Crippen molar-refractivity contribution in [2.45, 2.75) is 66.0 Å². The molecular formula is C14H26N4O2. The lowest BCUT2D eigenvalue weighted by Gasteiger charge is -2.30. The standard InChI is InChI=1S/C14H26N4O2/c1-6-11(7-2)18(9-4)14(19)16-12(8-3)13-15-10(5)20-17-13/h11-12H,6-9H2,1-5H3,(H,16,19). The third-order valence-electron chi connectivity index (χ3n) is 3.55. The van der Waals surface area contributed by atoms with Gasteiger partial charge in [0.15, 0.2) is 5.82 Å². The minimum atomic E-state index is -0.205. The second-order valence-corrected chi connectivity index (χ2v) is 4.84. The molecule has 1 aromatic rings. The van der Waals surface area contributed by atoms with E-state index < -0.39 is 0 Å². The van der Waals surface area contributed by atoms with Gasteiger partial charge in [-0.2, -0.15) is 4.98 Å². The molecule has 1 atom stereocenters. The van der Waals surface area contributed by atoms with Crippen LogP contribution in [0.15, 0.2) is 4.52 Å². The van der Waals surface area contributed by atoms with Gasteiger partial charge in [-0.1, -0.05) is 25.9 Å². The molecule has 0 aliphatic heterocycles. The van der Waals surface area contributed by atoms with Crippen molar-refractivity contribution in [3.63, 3.8) is 0 Å². The Bertz CT molecular complexity index is 415. The van der Waals surface area contributed by atoms with Gasteiger partial charge in [-0.25, -0.2) is 4.79 Å². The highest BCUT2D eigenvalue weighted by Gasteiger charge is 2.24. The van der Waals surface area contributed by atoms with E-state index >= 15 is 0 Å². The van der Waals surface area contributed by atoms with Gasteiger partial charge in [-0.15, -0.1) is 0 Å². The molecule has 0 saturated carbocycles. The summed E-state index contributed by atoms with van der Waals surface area (Å²) in [6.07, 6.45) is 2.64. The molecule has 0 saturated heterocycles. The number of nitrogens with zero attached hydrogens (tertiary/aromatic N) is 3. The van der Waals surface area contributed by atoms with Crippen LogP contribution in [0.25, 0.3) is 0 Å². The van der Waals surface area contributed by atoms with Crippen LogP contribution in [0.1, 0.15) is 64.7 Å². The number of amides is 2. The van der Waals surface area contributed by atoms with Crippen molar-refractivity contribution in [2.24, 2.45) is 0 Å². The first kappa shape index (κ1) is 16.5. The molecule has 114 valence electrons. The first-order valence-electron chi connectivity index (χ1n) is 7.44. The van der Waals surface area contributed by atoms with E-state index in [4.69, 9.17) is 4.52 Å². The van der Waals surface area contributed by atoms with Crippen LogP contribution in [-0.2, 0) is 0 Å². The molecule has 0 aromatic carbocycles. The monoisotopic (exact) mass is 282 g/mol. The Kier molecular flexibility index (Phi) is 6.48.